The van der Waals surface area contributed by atoms with Gasteiger partial charge in [-0.05, 0) is 66.7 Å². The van der Waals surface area contributed by atoms with Gasteiger partial charge in [-0.3, -0.25) is 0 Å². The molecule has 4 aromatic rings. The van der Waals surface area contributed by atoms with Crippen molar-refractivity contribution in [3.8, 4) is 22.9 Å². The van der Waals surface area contributed by atoms with Gasteiger partial charge in [-0.25, -0.2) is 9.78 Å². The van der Waals surface area contributed by atoms with Crippen molar-refractivity contribution in [1.82, 2.24) is 9.97 Å². The Bertz CT molecular complexity index is 1090. The number of hydrogen-bond acceptors (Lipinski definition) is 3. The van der Waals surface area contributed by atoms with Crippen molar-refractivity contribution in [2.75, 3.05) is 0 Å². The number of rotatable bonds is 4. The van der Waals surface area contributed by atoms with E-state index in [0.717, 1.165) is 5.56 Å². The maximum atomic E-state index is 11.1. The Morgan fingerprint density at radius 1 is 0.962 bits per heavy atom. The molecule has 0 spiro atoms. The monoisotopic (exact) mass is 364 g/mol. The number of H-pyrrole nitrogens is 1. The summed E-state index contributed by atoms with van der Waals surface area (Å²) in [6, 6.07) is 19.4. The van der Waals surface area contributed by atoms with Crippen molar-refractivity contribution in [1.29, 1.82) is 0 Å². The minimum absolute atomic E-state index is 0.222. The molecule has 0 unspecified atom stereocenters. The molecule has 1 aromatic heterocycles. The Kier molecular flexibility index (Phi) is 4.07. The molecule has 0 saturated carbocycles. The number of hydrogen-bond donors (Lipinski definition) is 2. The van der Waals surface area contributed by atoms with E-state index in [-0.39, 0.29) is 5.56 Å². The van der Waals surface area contributed by atoms with Gasteiger partial charge in [0.1, 0.15) is 17.3 Å². The zero-order chi connectivity index (χ0) is 18.1. The molecule has 2 N–H and O–H groups in total. The standard InChI is InChI=1S/C20H13ClN2O3/c21-14-4-8-16(9-5-14)26-15-6-1-12(2-7-15)19-22-17-10-3-13(20(24)25)11-18(17)23-19/h1-11H,(H,22,23)(H,24,25). The lowest BCUT2D eigenvalue weighted by Gasteiger charge is -2.06. The number of nitrogens with one attached hydrogen (secondary N) is 1. The van der Waals surface area contributed by atoms with E-state index < -0.39 is 5.97 Å². The fraction of sp³-hybridized carbons (Fsp3) is 0. The Labute approximate surface area is 153 Å². The van der Waals surface area contributed by atoms with Crippen LogP contribution in [0.25, 0.3) is 22.4 Å². The molecule has 3 aromatic carbocycles. The lowest BCUT2D eigenvalue weighted by molar-refractivity contribution is 0.0697. The summed E-state index contributed by atoms with van der Waals surface area (Å²) >= 11 is 5.87. The van der Waals surface area contributed by atoms with Crippen LogP contribution in [0.3, 0.4) is 0 Å². The normalized spacial score (nSPS) is 10.8. The molecular weight excluding hydrogens is 352 g/mol. The zero-order valence-electron chi connectivity index (χ0n) is 13.4. The van der Waals surface area contributed by atoms with E-state index in [0.29, 0.717) is 33.4 Å². The first-order valence-corrected chi connectivity index (χ1v) is 8.23. The SMILES string of the molecule is O=C(O)c1ccc2nc(-c3ccc(Oc4ccc(Cl)cc4)cc3)[nH]c2c1. The van der Waals surface area contributed by atoms with E-state index in [4.69, 9.17) is 21.4 Å². The maximum absolute atomic E-state index is 11.1. The van der Waals surface area contributed by atoms with Crippen LogP contribution in [-0.2, 0) is 0 Å². The molecule has 0 fully saturated rings. The number of fused-ring (bicyclic) bond motifs is 1. The fourth-order valence-corrected chi connectivity index (χ4v) is 2.72. The summed E-state index contributed by atoms with van der Waals surface area (Å²) in [6.07, 6.45) is 0. The number of aromatic nitrogens is 2. The molecule has 0 aliphatic heterocycles. The van der Waals surface area contributed by atoms with Crippen LogP contribution in [0.5, 0.6) is 11.5 Å². The van der Waals surface area contributed by atoms with E-state index in [1.54, 1.807) is 42.5 Å². The Hall–Kier alpha value is -3.31. The van der Waals surface area contributed by atoms with Gasteiger partial charge in [0.2, 0.25) is 0 Å². The third kappa shape index (κ3) is 3.25. The van der Waals surface area contributed by atoms with E-state index in [1.165, 1.54) is 0 Å². The molecule has 0 amide bonds. The number of aromatic carboxylic acids is 1. The molecule has 26 heavy (non-hydrogen) atoms. The lowest BCUT2D eigenvalue weighted by Crippen LogP contribution is -1.94. The third-order valence-corrected chi connectivity index (χ3v) is 4.16. The third-order valence-electron chi connectivity index (χ3n) is 3.91. The second-order valence-corrected chi connectivity index (χ2v) is 6.14. The molecule has 5 nitrogen and oxygen atoms in total. The number of carboxylic acid groups (broad SMARTS) is 1. The van der Waals surface area contributed by atoms with Crippen molar-refractivity contribution in [3.63, 3.8) is 0 Å². The van der Waals surface area contributed by atoms with Crippen molar-refractivity contribution in [2.45, 2.75) is 0 Å². The zero-order valence-corrected chi connectivity index (χ0v) is 14.2. The fourth-order valence-electron chi connectivity index (χ4n) is 2.60. The van der Waals surface area contributed by atoms with Gasteiger partial charge in [-0.2, -0.15) is 0 Å². The number of carbonyl (C=O) groups is 1. The first-order chi connectivity index (χ1) is 12.6. The highest BCUT2D eigenvalue weighted by Crippen LogP contribution is 2.27. The quantitative estimate of drug-likeness (QED) is 0.510. The second kappa shape index (κ2) is 6.54. The number of imidazole rings is 1. The highest BCUT2D eigenvalue weighted by atomic mass is 35.5. The van der Waals surface area contributed by atoms with Gasteiger partial charge in [0.25, 0.3) is 0 Å². The van der Waals surface area contributed by atoms with Crippen molar-refractivity contribution in [3.05, 3.63) is 77.3 Å². The van der Waals surface area contributed by atoms with Crippen LogP contribution in [0.1, 0.15) is 10.4 Å². The summed E-state index contributed by atoms with van der Waals surface area (Å²) in [6.45, 7) is 0. The summed E-state index contributed by atoms with van der Waals surface area (Å²) < 4.78 is 5.77. The van der Waals surface area contributed by atoms with Gasteiger partial charge in [-0.1, -0.05) is 11.6 Å². The maximum Gasteiger partial charge on any atom is 0.335 e. The Balaban J connectivity index is 1.59. The first kappa shape index (κ1) is 16.2. The number of aromatic amines is 1. The predicted octanol–water partition coefficient (Wildman–Crippen LogP) is 5.37. The van der Waals surface area contributed by atoms with Crippen LogP contribution in [0.2, 0.25) is 5.02 Å². The topological polar surface area (TPSA) is 75.2 Å². The van der Waals surface area contributed by atoms with Gasteiger partial charge >= 0.3 is 5.97 Å². The van der Waals surface area contributed by atoms with E-state index in [1.807, 2.05) is 24.3 Å². The largest absolute Gasteiger partial charge is 0.478 e. The van der Waals surface area contributed by atoms with Crippen LogP contribution in [0.4, 0.5) is 0 Å². The molecular formula is C20H13ClN2O3. The van der Waals surface area contributed by atoms with Crippen LogP contribution in [0.15, 0.2) is 66.7 Å². The van der Waals surface area contributed by atoms with Crippen molar-refractivity contribution >= 4 is 28.6 Å². The molecule has 1 heterocycles. The molecule has 0 aliphatic rings. The van der Waals surface area contributed by atoms with Crippen LogP contribution >= 0.6 is 11.6 Å². The van der Waals surface area contributed by atoms with Gasteiger partial charge < -0.3 is 14.8 Å². The number of ether oxygens (including phenoxy) is 1. The number of nitrogens with zero attached hydrogens (tertiary/aromatic N) is 1. The number of carboxylic acids is 1. The number of benzene rings is 3. The average molecular weight is 365 g/mol. The van der Waals surface area contributed by atoms with E-state index >= 15 is 0 Å². The van der Waals surface area contributed by atoms with Gasteiger partial charge in [0.05, 0.1) is 16.6 Å². The molecule has 0 aliphatic carbocycles. The number of halogens is 1. The van der Waals surface area contributed by atoms with Gasteiger partial charge in [0.15, 0.2) is 0 Å². The van der Waals surface area contributed by atoms with E-state index in [2.05, 4.69) is 9.97 Å². The second-order valence-electron chi connectivity index (χ2n) is 5.70. The molecule has 0 radical (unpaired) electrons. The summed E-state index contributed by atoms with van der Waals surface area (Å²) in [5.74, 6) is 1.10. The summed E-state index contributed by atoms with van der Waals surface area (Å²) in [7, 11) is 0. The minimum Gasteiger partial charge on any atom is -0.478 e. The predicted molar refractivity (Wildman–Crippen MR) is 100 cm³/mol. The Morgan fingerprint density at radius 3 is 2.27 bits per heavy atom. The highest BCUT2D eigenvalue weighted by Gasteiger charge is 2.09. The highest BCUT2D eigenvalue weighted by molar-refractivity contribution is 6.30. The summed E-state index contributed by atoms with van der Waals surface area (Å²) in [4.78, 5) is 18.7. The van der Waals surface area contributed by atoms with Crippen molar-refractivity contribution in [2.24, 2.45) is 0 Å². The van der Waals surface area contributed by atoms with Crippen molar-refractivity contribution < 1.29 is 14.6 Å². The van der Waals surface area contributed by atoms with Crippen LogP contribution in [0, 0.1) is 0 Å². The first-order valence-electron chi connectivity index (χ1n) is 7.85. The summed E-state index contributed by atoms with van der Waals surface area (Å²) in [5, 5.41) is 9.74. The molecule has 4 rings (SSSR count). The van der Waals surface area contributed by atoms with Gasteiger partial charge in [0, 0.05) is 10.6 Å². The summed E-state index contributed by atoms with van der Waals surface area (Å²) in [5.41, 5.74) is 2.49. The molecule has 6 heteroatoms. The lowest BCUT2D eigenvalue weighted by atomic mass is 10.2. The minimum atomic E-state index is -0.966. The van der Waals surface area contributed by atoms with E-state index in [9.17, 15) is 4.79 Å². The van der Waals surface area contributed by atoms with Crippen LogP contribution in [-0.4, -0.2) is 21.0 Å². The van der Waals surface area contributed by atoms with Gasteiger partial charge in [-0.15, -0.1) is 0 Å². The molecule has 0 bridgehead atoms. The molecule has 0 saturated heterocycles. The molecule has 0 atom stereocenters. The smallest absolute Gasteiger partial charge is 0.335 e. The molecule has 128 valence electrons. The Morgan fingerprint density at radius 2 is 1.62 bits per heavy atom. The average Bonchev–Trinajstić information content (AvgIpc) is 3.07. The van der Waals surface area contributed by atoms with Crippen LogP contribution < -0.4 is 4.74 Å².